The van der Waals surface area contributed by atoms with Gasteiger partial charge in [0, 0.05) is 94.1 Å². The van der Waals surface area contributed by atoms with Gasteiger partial charge in [-0.2, -0.15) is 9.97 Å². The summed E-state index contributed by atoms with van der Waals surface area (Å²) < 4.78 is 49.1. The van der Waals surface area contributed by atoms with E-state index >= 15 is 8.78 Å². The van der Waals surface area contributed by atoms with E-state index in [2.05, 4.69) is 36.2 Å². The van der Waals surface area contributed by atoms with E-state index in [1.165, 1.54) is 10.6 Å². The molecule has 3 aromatic heterocycles. The van der Waals surface area contributed by atoms with Gasteiger partial charge < -0.3 is 29.7 Å². The number of halogens is 2. The Morgan fingerprint density at radius 1 is 0.911 bits per heavy atom. The molecule has 7 aliphatic rings. The number of hydrogen-bond acceptors (Lipinski definition) is 13. The first-order valence-electron chi connectivity index (χ1n) is 28.2. The number of aromatic nitrogens is 5. The normalized spacial score (nSPS) is 26.8. The van der Waals surface area contributed by atoms with Crippen LogP contribution in [0.5, 0.6) is 6.01 Å². The number of aryl methyl sites for hydroxylation is 1. The van der Waals surface area contributed by atoms with Crippen LogP contribution in [0, 0.1) is 24.0 Å². The smallest absolute Gasteiger partial charge is 0.407 e. The van der Waals surface area contributed by atoms with Gasteiger partial charge in [-0.3, -0.25) is 38.8 Å². The summed E-state index contributed by atoms with van der Waals surface area (Å²) in [6, 6.07) is 13.8. The largest absolute Gasteiger partial charge is 0.465 e. The van der Waals surface area contributed by atoms with E-state index in [-0.39, 0.29) is 95.7 Å². The number of nitrogens with zero attached hydrogens (tertiary/aromatic N) is 9. The number of piperazine rings is 1. The van der Waals surface area contributed by atoms with Crippen molar-refractivity contribution in [2.24, 2.45) is 7.05 Å². The number of rotatable bonds is 12. The van der Waals surface area contributed by atoms with Crippen molar-refractivity contribution in [3.63, 3.8) is 0 Å². The van der Waals surface area contributed by atoms with E-state index in [0.29, 0.717) is 78.5 Å². The summed E-state index contributed by atoms with van der Waals surface area (Å²) in [7, 11) is 1.73. The third kappa shape index (κ3) is 9.25. The van der Waals surface area contributed by atoms with E-state index in [1.807, 2.05) is 24.3 Å². The van der Waals surface area contributed by atoms with Crippen LogP contribution < -0.4 is 26.0 Å². The van der Waals surface area contributed by atoms with Crippen molar-refractivity contribution < 1.29 is 37.7 Å². The van der Waals surface area contributed by atoms with Gasteiger partial charge in [-0.1, -0.05) is 42.3 Å². The van der Waals surface area contributed by atoms with Crippen molar-refractivity contribution in [1.82, 2.24) is 49.4 Å². The minimum atomic E-state index is -0.915. The second kappa shape index (κ2) is 20.6. The third-order valence-electron chi connectivity index (χ3n) is 18.5. The highest BCUT2D eigenvalue weighted by molar-refractivity contribution is 6.02. The molecule has 13 rings (SSSR count). The monoisotopic (exact) mass is 1080 g/mol. The number of para-hydroxylation sites is 1. The van der Waals surface area contributed by atoms with Gasteiger partial charge in [-0.15, -0.1) is 6.42 Å². The molecule has 3 amide bonds. The lowest BCUT2D eigenvalue weighted by Gasteiger charge is -2.42. The Bertz CT molecular complexity index is 3530. The molecule has 7 saturated heterocycles. The number of carbonyl (C=O) groups excluding carboxylic acids is 2. The molecular formula is C59H65F2N11O7. The van der Waals surface area contributed by atoms with E-state index in [1.54, 1.807) is 40.9 Å². The number of likely N-dealkylation sites (tertiary alicyclic amines) is 2. The highest BCUT2D eigenvalue weighted by Crippen LogP contribution is 2.46. The lowest BCUT2D eigenvalue weighted by molar-refractivity contribution is -0.135. The first-order chi connectivity index (χ1) is 38.3. The fourth-order valence-corrected chi connectivity index (χ4v) is 14.8. The summed E-state index contributed by atoms with van der Waals surface area (Å²) >= 11 is 0. The van der Waals surface area contributed by atoms with Crippen LogP contribution in [0.1, 0.15) is 101 Å². The Morgan fingerprint density at radius 2 is 1.71 bits per heavy atom. The van der Waals surface area contributed by atoms with Gasteiger partial charge in [-0.25, -0.2) is 18.4 Å². The minimum absolute atomic E-state index is 0.00531. The van der Waals surface area contributed by atoms with Crippen molar-refractivity contribution in [3.8, 4) is 29.6 Å². The van der Waals surface area contributed by atoms with E-state index in [4.69, 9.17) is 25.9 Å². The Labute approximate surface area is 455 Å². The highest BCUT2D eigenvalue weighted by atomic mass is 19.1. The molecule has 6 aromatic rings. The standard InChI is InChI=1S/C59H65F2N11O7/c1-3-42-45(60)14-11-34-7-4-9-43(49(34)42)51-50(61)52-44(29-62-51)54(69-31-36-12-13-37(32-69)63-36)66-56(65-52)78-33-59-21-6-23-71(59)38(17-22-59)27-39-28-41(20-26-70(39)58(76)77)79-40-18-24-68(25-19-40)30-35-8-5-10-46-53(35)67(2)57(75)72(46)47-15-16-48(73)64-55(47)74/h1,4-5,7-11,14,29,36-41,47,63H,6,12-13,15-28,30-33H2,2H3,(H,76,77)(H,64,73,74)/t36?,37?,38-,39?,41?,47?,59-/m0/s1. The van der Waals surface area contributed by atoms with Gasteiger partial charge in [0.25, 0.3) is 0 Å². The van der Waals surface area contributed by atoms with Gasteiger partial charge in [0.15, 0.2) is 5.82 Å². The number of terminal acetylenes is 1. The van der Waals surface area contributed by atoms with Gasteiger partial charge in [0.2, 0.25) is 11.8 Å². The van der Waals surface area contributed by atoms with Crippen LogP contribution in [-0.4, -0.2) is 150 Å². The summed E-state index contributed by atoms with van der Waals surface area (Å²) in [6.45, 7) is 5.12. The maximum Gasteiger partial charge on any atom is 0.407 e. The number of fused-ring (bicyclic) bond motifs is 6. The lowest BCUT2D eigenvalue weighted by Crippen LogP contribution is -2.52. The van der Waals surface area contributed by atoms with Crippen LogP contribution >= 0.6 is 0 Å². The second-order valence-corrected chi connectivity index (χ2v) is 23.1. The first kappa shape index (κ1) is 51.4. The fraction of sp³-hybridized carbons (Fsp3) is 0.508. The molecule has 3 aromatic carbocycles. The van der Waals surface area contributed by atoms with Crippen LogP contribution in [0.4, 0.5) is 19.4 Å². The summed E-state index contributed by atoms with van der Waals surface area (Å²) in [5.74, 6) is 1.01. The molecule has 0 spiro atoms. The molecule has 2 bridgehead atoms. The topological polar surface area (TPSA) is 193 Å². The highest BCUT2D eigenvalue weighted by Gasteiger charge is 2.51. The van der Waals surface area contributed by atoms with Crippen LogP contribution in [0.15, 0.2) is 59.5 Å². The molecule has 0 saturated carbocycles. The van der Waals surface area contributed by atoms with Crippen molar-refractivity contribution in [2.75, 3.05) is 50.8 Å². The van der Waals surface area contributed by atoms with E-state index in [0.717, 1.165) is 82.1 Å². The number of piperidine rings is 3. The molecule has 7 fully saturated rings. The number of nitrogens with one attached hydrogen (secondary N) is 2. The zero-order chi connectivity index (χ0) is 54.3. The fourth-order valence-electron chi connectivity index (χ4n) is 14.8. The summed E-state index contributed by atoms with van der Waals surface area (Å²) in [5, 5.41) is 18.1. The SMILES string of the molecule is C#Cc1c(F)ccc2cccc(-c3ncc4c(N5CC6CCC(C5)N6)nc(OC[C@@]56CCCN5[C@H](CC5CC(OC7CCN(Cc8cccc9c8n(C)c(=O)n9C8CCC(=O)NC8=O)CC7)CCN5C(=O)O)CC6)nc4c3F)c12. The molecule has 412 valence electrons. The average Bonchev–Trinajstić information content (AvgIpc) is 4.42. The maximum absolute atomic E-state index is 17.3. The molecule has 10 heterocycles. The molecule has 0 radical (unpaired) electrons. The zero-order valence-corrected chi connectivity index (χ0v) is 44.3. The molecule has 79 heavy (non-hydrogen) atoms. The van der Waals surface area contributed by atoms with Crippen LogP contribution in [-0.2, 0) is 27.9 Å². The molecule has 0 aliphatic carbocycles. The number of amides is 3. The van der Waals surface area contributed by atoms with E-state index in [9.17, 15) is 24.3 Å². The Balaban J connectivity index is 0.689. The maximum atomic E-state index is 17.3. The molecular weight excluding hydrogens is 1010 g/mol. The average molecular weight is 1080 g/mol. The Morgan fingerprint density at radius 3 is 2.49 bits per heavy atom. The Kier molecular flexibility index (Phi) is 13.4. The summed E-state index contributed by atoms with van der Waals surface area (Å²) in [4.78, 5) is 74.3. The van der Waals surface area contributed by atoms with Gasteiger partial charge in [0.1, 0.15) is 35.5 Å². The number of pyridine rings is 1. The molecule has 18 nitrogen and oxygen atoms in total. The van der Waals surface area contributed by atoms with Crippen molar-refractivity contribution in [2.45, 2.75) is 138 Å². The number of imidazole rings is 1. The molecule has 7 atom stereocenters. The lowest BCUT2D eigenvalue weighted by atomic mass is 9.92. The molecule has 3 N–H and O–H groups in total. The van der Waals surface area contributed by atoms with E-state index < -0.39 is 29.7 Å². The molecule has 7 aliphatic heterocycles. The van der Waals surface area contributed by atoms with Gasteiger partial charge in [-0.05, 0) is 107 Å². The van der Waals surface area contributed by atoms with Gasteiger partial charge in [0.05, 0.1) is 39.7 Å². The van der Waals surface area contributed by atoms with Crippen LogP contribution in [0.2, 0.25) is 0 Å². The number of carbonyl (C=O) groups is 3. The van der Waals surface area contributed by atoms with Crippen molar-refractivity contribution >= 4 is 56.4 Å². The van der Waals surface area contributed by atoms with Crippen LogP contribution in [0.25, 0.3) is 44.0 Å². The minimum Gasteiger partial charge on any atom is -0.465 e. The first-order valence-corrected chi connectivity index (χ1v) is 28.2. The quantitative estimate of drug-likeness (QED) is 0.0874. The number of ether oxygens (including phenoxy) is 2. The second-order valence-electron chi connectivity index (χ2n) is 23.1. The Hall–Kier alpha value is -7.05. The van der Waals surface area contributed by atoms with Crippen LogP contribution in [0.3, 0.4) is 0 Å². The number of imide groups is 1. The third-order valence-corrected chi connectivity index (χ3v) is 18.5. The number of benzene rings is 3. The predicted molar refractivity (Wildman–Crippen MR) is 292 cm³/mol. The summed E-state index contributed by atoms with van der Waals surface area (Å²) in [6.07, 6.45) is 16.1. The molecule has 5 unspecified atom stereocenters. The predicted octanol–water partition coefficient (Wildman–Crippen LogP) is 6.63. The van der Waals surface area contributed by atoms with Crippen molar-refractivity contribution in [1.29, 1.82) is 0 Å². The molecule has 20 heteroatoms. The number of anilines is 1. The summed E-state index contributed by atoms with van der Waals surface area (Å²) in [5.41, 5.74) is 2.29. The van der Waals surface area contributed by atoms with Gasteiger partial charge >= 0.3 is 17.8 Å². The number of hydrogen-bond donors (Lipinski definition) is 3. The number of carboxylic acid groups (broad SMARTS) is 1. The zero-order valence-electron chi connectivity index (χ0n) is 44.3. The van der Waals surface area contributed by atoms with Crippen molar-refractivity contribution in [3.05, 3.63) is 88.0 Å².